The highest BCUT2D eigenvalue weighted by atomic mass is 16.1. The first-order valence-corrected chi connectivity index (χ1v) is 5.12. The maximum atomic E-state index is 11.4. The first-order valence-electron chi connectivity index (χ1n) is 5.12. The van der Waals surface area contributed by atoms with Gasteiger partial charge in [0.1, 0.15) is 0 Å². The molecule has 0 unspecified atom stereocenters. The zero-order valence-corrected chi connectivity index (χ0v) is 8.55. The topological polar surface area (TPSA) is 30.0 Å². The van der Waals surface area contributed by atoms with Gasteiger partial charge in [0.05, 0.1) is 0 Å². The van der Waals surface area contributed by atoms with E-state index < -0.39 is 0 Å². The Bertz CT molecular complexity index is 734. The summed E-state index contributed by atoms with van der Waals surface area (Å²) >= 11 is 0. The van der Waals surface area contributed by atoms with E-state index >= 15 is 0 Å². The molecule has 0 N–H and O–H groups in total. The third-order valence-corrected chi connectivity index (χ3v) is 2.73. The second-order valence-electron chi connectivity index (χ2n) is 3.72. The number of hydrogen-bond donors (Lipinski definition) is 0. The minimum atomic E-state index is -0.202. The zero-order valence-electron chi connectivity index (χ0n) is 8.55. The van der Waals surface area contributed by atoms with Crippen LogP contribution in [0.15, 0.2) is 59.5 Å². The van der Waals surface area contributed by atoms with Gasteiger partial charge in [-0.15, -0.1) is 0 Å². The molecule has 2 aromatic carbocycles. The number of aromatic nitrogens is 1. The van der Waals surface area contributed by atoms with Gasteiger partial charge in [0.15, 0.2) is 0 Å². The summed E-state index contributed by atoms with van der Waals surface area (Å²) in [7, 11) is 0. The van der Waals surface area contributed by atoms with Crippen LogP contribution in [0, 0.1) is 0 Å². The molecule has 0 aliphatic heterocycles. The number of rotatable bonds is 0. The van der Waals surface area contributed by atoms with Crippen molar-refractivity contribution in [1.29, 1.82) is 0 Å². The summed E-state index contributed by atoms with van der Waals surface area (Å²) in [6, 6.07) is 15.6. The fourth-order valence-electron chi connectivity index (χ4n) is 1.97. The number of hydrogen-bond acceptors (Lipinski definition) is 2. The van der Waals surface area contributed by atoms with Gasteiger partial charge in [0.25, 0.3) is 5.56 Å². The number of benzene rings is 2. The van der Waals surface area contributed by atoms with Crippen LogP contribution < -0.4 is 5.56 Å². The van der Waals surface area contributed by atoms with Gasteiger partial charge < -0.3 is 0 Å². The normalized spacial score (nSPS) is 10.8. The van der Waals surface area contributed by atoms with Crippen molar-refractivity contribution in [3.8, 4) is 0 Å². The van der Waals surface area contributed by atoms with Gasteiger partial charge in [-0.2, -0.15) is 0 Å². The lowest BCUT2D eigenvalue weighted by Gasteiger charge is -1.99. The monoisotopic (exact) mass is 207 g/mol. The summed E-state index contributed by atoms with van der Waals surface area (Å²) in [6.45, 7) is 0. The summed E-state index contributed by atoms with van der Waals surface area (Å²) in [6.07, 6.45) is 1.56. The fourth-order valence-corrected chi connectivity index (χ4v) is 1.97. The second kappa shape index (κ2) is 3.42. The van der Waals surface area contributed by atoms with E-state index in [2.05, 4.69) is 11.1 Å². The van der Waals surface area contributed by atoms with Gasteiger partial charge in [-0.25, -0.2) is 4.98 Å². The van der Waals surface area contributed by atoms with Crippen LogP contribution in [0.3, 0.4) is 0 Å². The molecule has 2 heteroatoms. The lowest BCUT2D eigenvalue weighted by atomic mass is 10.0. The molecule has 16 heavy (non-hydrogen) atoms. The highest BCUT2D eigenvalue weighted by molar-refractivity contribution is 6.06. The lowest BCUT2D eigenvalue weighted by Crippen LogP contribution is -1.96. The average molecular weight is 207 g/mol. The molecule has 0 amide bonds. The van der Waals surface area contributed by atoms with Gasteiger partial charge >= 0.3 is 0 Å². The predicted octanol–water partition coefficient (Wildman–Crippen LogP) is 2.75. The van der Waals surface area contributed by atoms with Crippen molar-refractivity contribution in [3.05, 3.63) is 65.1 Å². The maximum absolute atomic E-state index is 11.4. The molecule has 0 fully saturated rings. The lowest BCUT2D eigenvalue weighted by molar-refractivity contribution is 1.28. The van der Waals surface area contributed by atoms with Gasteiger partial charge in [0.2, 0.25) is 0 Å². The summed E-state index contributed by atoms with van der Waals surface area (Å²) in [5.41, 5.74) is -0.202. The van der Waals surface area contributed by atoms with Crippen LogP contribution in [-0.4, -0.2) is 4.98 Å². The number of fused-ring (bicyclic) bond motifs is 3. The predicted molar refractivity (Wildman–Crippen MR) is 65.5 cm³/mol. The molecule has 0 aliphatic carbocycles. The quantitative estimate of drug-likeness (QED) is 0.567. The Labute approximate surface area is 92.2 Å². The van der Waals surface area contributed by atoms with Crippen molar-refractivity contribution in [2.24, 2.45) is 0 Å². The molecule has 0 aliphatic rings. The van der Waals surface area contributed by atoms with E-state index in [0.717, 1.165) is 21.5 Å². The Morgan fingerprint density at radius 1 is 0.812 bits per heavy atom. The highest BCUT2D eigenvalue weighted by Crippen LogP contribution is 2.22. The van der Waals surface area contributed by atoms with Crippen LogP contribution in [-0.2, 0) is 0 Å². The molecule has 76 valence electrons. The van der Waals surface area contributed by atoms with Crippen LogP contribution in [0.2, 0.25) is 0 Å². The van der Waals surface area contributed by atoms with E-state index in [1.807, 2.05) is 36.4 Å². The van der Waals surface area contributed by atoms with Crippen molar-refractivity contribution in [2.75, 3.05) is 0 Å². The van der Waals surface area contributed by atoms with E-state index in [4.69, 9.17) is 0 Å². The van der Waals surface area contributed by atoms with Crippen LogP contribution in [0.25, 0.3) is 21.5 Å². The first-order chi connectivity index (χ1) is 7.84. The third kappa shape index (κ3) is 1.36. The highest BCUT2D eigenvalue weighted by Gasteiger charge is 1.98. The van der Waals surface area contributed by atoms with E-state index in [9.17, 15) is 4.79 Å². The van der Waals surface area contributed by atoms with Crippen molar-refractivity contribution >= 4 is 21.5 Å². The van der Waals surface area contributed by atoms with Crippen molar-refractivity contribution in [2.45, 2.75) is 0 Å². The molecule has 0 radical (unpaired) electrons. The Balaban J connectivity index is 2.65. The van der Waals surface area contributed by atoms with Gasteiger partial charge in [-0.05, 0) is 27.6 Å². The molecule has 0 atom stereocenters. The smallest absolute Gasteiger partial charge is 0.267 e. The van der Waals surface area contributed by atoms with Gasteiger partial charge in [-0.3, -0.25) is 4.79 Å². The molecule has 0 saturated heterocycles. The Hall–Kier alpha value is -2.22. The molecule has 2 nitrogen and oxygen atoms in total. The summed E-state index contributed by atoms with van der Waals surface area (Å²) in [5, 5.41) is 4.23. The SMILES string of the molecule is O=c1cc2c(ccn1)ccc1ccccc12. The molecule has 3 aromatic rings. The number of nitrogens with zero attached hydrogens (tertiary/aromatic N) is 1. The van der Waals surface area contributed by atoms with Crippen molar-refractivity contribution in [1.82, 2.24) is 4.98 Å². The molecular weight excluding hydrogens is 198 g/mol. The minimum absolute atomic E-state index is 0.202. The van der Waals surface area contributed by atoms with E-state index in [-0.39, 0.29) is 5.56 Å². The average Bonchev–Trinajstić information content (AvgIpc) is 2.50. The summed E-state index contributed by atoms with van der Waals surface area (Å²) < 4.78 is 0. The summed E-state index contributed by atoms with van der Waals surface area (Å²) in [5.74, 6) is 0. The molecule has 0 spiro atoms. The van der Waals surface area contributed by atoms with E-state index in [1.165, 1.54) is 0 Å². The molecule has 0 bridgehead atoms. The largest absolute Gasteiger partial charge is 0.270 e. The Kier molecular flexibility index (Phi) is 1.93. The molecular formula is C14H9NO. The van der Waals surface area contributed by atoms with Crippen LogP contribution >= 0.6 is 0 Å². The third-order valence-electron chi connectivity index (χ3n) is 2.73. The van der Waals surface area contributed by atoms with Gasteiger partial charge in [-0.1, -0.05) is 36.4 Å². The van der Waals surface area contributed by atoms with Crippen molar-refractivity contribution in [3.63, 3.8) is 0 Å². The van der Waals surface area contributed by atoms with Crippen LogP contribution in [0.1, 0.15) is 0 Å². The second-order valence-corrected chi connectivity index (χ2v) is 3.72. The Morgan fingerprint density at radius 3 is 2.44 bits per heavy atom. The first kappa shape index (κ1) is 9.04. The summed E-state index contributed by atoms with van der Waals surface area (Å²) in [4.78, 5) is 15.2. The molecule has 1 heterocycles. The van der Waals surface area contributed by atoms with E-state index in [1.54, 1.807) is 12.3 Å². The molecule has 0 saturated carbocycles. The molecule has 1 aromatic heterocycles. The Morgan fingerprint density at radius 2 is 1.56 bits per heavy atom. The van der Waals surface area contributed by atoms with Crippen molar-refractivity contribution < 1.29 is 0 Å². The van der Waals surface area contributed by atoms with Gasteiger partial charge in [0, 0.05) is 12.3 Å². The van der Waals surface area contributed by atoms with Crippen LogP contribution in [0.5, 0.6) is 0 Å². The molecule has 3 rings (SSSR count). The maximum Gasteiger partial charge on any atom is 0.270 e. The van der Waals surface area contributed by atoms with E-state index in [0.29, 0.717) is 0 Å². The standard InChI is InChI=1S/C14H9NO/c16-14-9-13-11(7-8-15-14)6-5-10-3-1-2-4-12(10)13/h1-9H. The zero-order chi connectivity index (χ0) is 11.0. The fraction of sp³-hybridized carbons (Fsp3) is 0. The minimum Gasteiger partial charge on any atom is -0.267 e. The van der Waals surface area contributed by atoms with Crippen LogP contribution in [0.4, 0.5) is 0 Å².